The summed E-state index contributed by atoms with van der Waals surface area (Å²) in [7, 11) is 0. The van der Waals surface area contributed by atoms with Gasteiger partial charge in [-0.25, -0.2) is 4.98 Å². The highest BCUT2D eigenvalue weighted by molar-refractivity contribution is 5.80. The monoisotopic (exact) mass is 346 g/mol. The lowest BCUT2D eigenvalue weighted by Gasteiger charge is -2.22. The van der Waals surface area contributed by atoms with E-state index in [0.29, 0.717) is 31.7 Å². The lowest BCUT2D eigenvalue weighted by Crippen LogP contribution is -2.29. The van der Waals surface area contributed by atoms with Crippen molar-refractivity contribution in [2.45, 2.75) is 64.0 Å². The number of ether oxygens (including phenoxy) is 1. The van der Waals surface area contributed by atoms with Crippen LogP contribution in [0.1, 0.15) is 56.9 Å². The van der Waals surface area contributed by atoms with Crippen molar-refractivity contribution >= 4 is 11.9 Å². The molecular weight excluding hydrogens is 320 g/mol. The third-order valence-electron chi connectivity index (χ3n) is 5.26. The van der Waals surface area contributed by atoms with E-state index in [9.17, 15) is 9.59 Å². The molecule has 2 N–H and O–H groups in total. The maximum atomic E-state index is 12.2. The lowest BCUT2D eigenvalue weighted by atomic mass is 9.98. The molecule has 1 heterocycles. The fraction of sp³-hybridized carbons (Fsp3) is 0.632. The predicted octanol–water partition coefficient (Wildman–Crippen LogP) is 2.91. The molecule has 3 rings (SSSR count). The Kier molecular flexibility index (Phi) is 5.89. The van der Waals surface area contributed by atoms with Gasteiger partial charge in [0, 0.05) is 24.7 Å². The van der Waals surface area contributed by atoms with Gasteiger partial charge in [0.2, 0.25) is 11.8 Å². The van der Waals surface area contributed by atoms with Crippen LogP contribution >= 0.6 is 0 Å². The van der Waals surface area contributed by atoms with Crippen molar-refractivity contribution in [1.82, 2.24) is 10.3 Å². The summed E-state index contributed by atoms with van der Waals surface area (Å²) >= 11 is 0. The summed E-state index contributed by atoms with van der Waals surface area (Å²) in [6, 6.07) is 3.74. The van der Waals surface area contributed by atoms with Crippen LogP contribution in [0.5, 0.6) is 5.88 Å². The molecule has 1 amide bonds. The predicted molar refractivity (Wildman–Crippen MR) is 92.1 cm³/mol. The highest BCUT2D eigenvalue weighted by atomic mass is 16.5. The Labute approximate surface area is 148 Å². The summed E-state index contributed by atoms with van der Waals surface area (Å²) < 4.78 is 5.95. The molecule has 0 bridgehead atoms. The molecule has 0 saturated heterocycles. The summed E-state index contributed by atoms with van der Waals surface area (Å²) in [4.78, 5) is 27.5. The summed E-state index contributed by atoms with van der Waals surface area (Å²) in [6.07, 6.45) is 9.48. The van der Waals surface area contributed by atoms with Crippen LogP contribution < -0.4 is 10.1 Å². The van der Waals surface area contributed by atoms with Gasteiger partial charge in [0.25, 0.3) is 0 Å². The van der Waals surface area contributed by atoms with Gasteiger partial charge in [0.1, 0.15) is 6.10 Å². The number of carbonyl (C=O) groups is 2. The molecule has 25 heavy (non-hydrogen) atoms. The van der Waals surface area contributed by atoms with Crippen LogP contribution in [0.2, 0.25) is 0 Å². The topological polar surface area (TPSA) is 88.5 Å². The summed E-state index contributed by atoms with van der Waals surface area (Å²) in [5.41, 5.74) is 0.946. The number of carboxylic acids is 1. The molecular formula is C19H26N2O4. The number of carboxylic acid groups (broad SMARTS) is 1. The molecule has 0 unspecified atom stereocenters. The minimum absolute atomic E-state index is 0.0599. The summed E-state index contributed by atoms with van der Waals surface area (Å²) in [6.45, 7) is 0.413. The molecule has 2 saturated carbocycles. The average Bonchev–Trinajstić information content (AvgIpc) is 3.11. The van der Waals surface area contributed by atoms with Gasteiger partial charge in [0.05, 0.1) is 5.92 Å². The second-order valence-electron chi connectivity index (χ2n) is 7.14. The van der Waals surface area contributed by atoms with Crippen LogP contribution in [-0.2, 0) is 16.1 Å². The number of pyridine rings is 1. The van der Waals surface area contributed by atoms with E-state index in [1.54, 1.807) is 6.20 Å². The van der Waals surface area contributed by atoms with Crippen LogP contribution in [0.15, 0.2) is 18.3 Å². The zero-order valence-electron chi connectivity index (χ0n) is 14.4. The average molecular weight is 346 g/mol. The molecule has 0 radical (unpaired) electrons. The van der Waals surface area contributed by atoms with Gasteiger partial charge >= 0.3 is 5.97 Å². The minimum atomic E-state index is -0.797. The van der Waals surface area contributed by atoms with Crippen molar-refractivity contribution in [2.24, 2.45) is 11.8 Å². The third-order valence-corrected chi connectivity index (χ3v) is 5.26. The number of nitrogens with zero attached hydrogens (tertiary/aromatic N) is 1. The number of aromatic nitrogens is 1. The number of carbonyl (C=O) groups excluding carboxylic acids is 1. The third kappa shape index (κ3) is 4.94. The first-order valence-electron chi connectivity index (χ1n) is 9.24. The largest absolute Gasteiger partial charge is 0.481 e. The SMILES string of the molecule is O=C(O)[C@@H]1CC[C@H](C(=O)NCc2ccnc(OC3CCCCC3)c2)C1. The first-order chi connectivity index (χ1) is 12.1. The van der Waals surface area contributed by atoms with Crippen molar-refractivity contribution < 1.29 is 19.4 Å². The molecule has 2 aliphatic carbocycles. The molecule has 2 atom stereocenters. The van der Waals surface area contributed by atoms with E-state index in [1.165, 1.54) is 19.3 Å². The van der Waals surface area contributed by atoms with Gasteiger partial charge in [-0.1, -0.05) is 6.42 Å². The number of hydrogen-bond donors (Lipinski definition) is 2. The van der Waals surface area contributed by atoms with Gasteiger partial charge < -0.3 is 15.2 Å². The van der Waals surface area contributed by atoms with Crippen molar-refractivity contribution in [2.75, 3.05) is 0 Å². The second kappa shape index (κ2) is 8.32. The van der Waals surface area contributed by atoms with Crippen LogP contribution in [-0.4, -0.2) is 28.1 Å². The van der Waals surface area contributed by atoms with Crippen LogP contribution in [0.3, 0.4) is 0 Å². The fourth-order valence-corrected chi connectivity index (χ4v) is 3.76. The van der Waals surface area contributed by atoms with Gasteiger partial charge in [-0.05, 0) is 56.6 Å². The second-order valence-corrected chi connectivity index (χ2v) is 7.14. The highest BCUT2D eigenvalue weighted by Gasteiger charge is 2.33. The number of nitrogens with one attached hydrogen (secondary N) is 1. The van der Waals surface area contributed by atoms with Gasteiger partial charge in [-0.3, -0.25) is 9.59 Å². The molecule has 136 valence electrons. The molecule has 2 fully saturated rings. The van der Waals surface area contributed by atoms with Gasteiger partial charge in [0.15, 0.2) is 0 Å². The Bertz CT molecular complexity index is 613. The van der Waals surface area contributed by atoms with Crippen molar-refractivity contribution in [1.29, 1.82) is 0 Å². The molecule has 0 spiro atoms. The molecule has 6 heteroatoms. The van der Waals surface area contributed by atoms with E-state index < -0.39 is 5.97 Å². The maximum Gasteiger partial charge on any atom is 0.306 e. The number of amides is 1. The van der Waals surface area contributed by atoms with E-state index in [1.807, 2.05) is 12.1 Å². The van der Waals surface area contributed by atoms with E-state index in [2.05, 4.69) is 10.3 Å². The number of rotatable bonds is 6. The van der Waals surface area contributed by atoms with E-state index in [0.717, 1.165) is 18.4 Å². The van der Waals surface area contributed by atoms with Crippen LogP contribution in [0.4, 0.5) is 0 Å². The fourth-order valence-electron chi connectivity index (χ4n) is 3.76. The zero-order chi connectivity index (χ0) is 17.6. The van der Waals surface area contributed by atoms with Gasteiger partial charge in [-0.2, -0.15) is 0 Å². The summed E-state index contributed by atoms with van der Waals surface area (Å²) in [5.74, 6) is -0.817. The van der Waals surface area contributed by atoms with Crippen LogP contribution in [0.25, 0.3) is 0 Å². The Morgan fingerprint density at radius 2 is 1.92 bits per heavy atom. The normalized spacial score (nSPS) is 24.0. The molecule has 1 aromatic heterocycles. The first kappa shape index (κ1) is 17.7. The lowest BCUT2D eigenvalue weighted by molar-refractivity contribution is -0.141. The number of aliphatic carboxylic acids is 1. The van der Waals surface area contributed by atoms with Crippen molar-refractivity contribution in [3.8, 4) is 5.88 Å². The Hall–Kier alpha value is -2.11. The summed E-state index contributed by atoms with van der Waals surface area (Å²) in [5, 5.41) is 11.9. The van der Waals surface area contributed by atoms with Gasteiger partial charge in [-0.15, -0.1) is 0 Å². The Morgan fingerprint density at radius 3 is 2.64 bits per heavy atom. The minimum Gasteiger partial charge on any atom is -0.481 e. The Balaban J connectivity index is 1.48. The standard InChI is InChI=1S/C19H26N2O4/c22-18(14-6-7-15(11-14)19(23)24)21-12-13-8-9-20-17(10-13)25-16-4-2-1-3-5-16/h8-10,14-16H,1-7,11-12H2,(H,21,22)(H,23,24)/t14-,15+/m0/s1. The van der Waals surface area contributed by atoms with Crippen molar-refractivity contribution in [3.63, 3.8) is 0 Å². The Morgan fingerprint density at radius 1 is 1.16 bits per heavy atom. The maximum absolute atomic E-state index is 12.2. The molecule has 0 aromatic carbocycles. The number of hydrogen-bond acceptors (Lipinski definition) is 4. The van der Waals surface area contributed by atoms with E-state index >= 15 is 0 Å². The first-order valence-corrected chi connectivity index (χ1v) is 9.24. The van der Waals surface area contributed by atoms with Crippen molar-refractivity contribution in [3.05, 3.63) is 23.9 Å². The highest BCUT2D eigenvalue weighted by Crippen LogP contribution is 2.31. The molecule has 1 aromatic rings. The van der Waals surface area contributed by atoms with E-state index in [-0.39, 0.29) is 23.8 Å². The molecule has 6 nitrogen and oxygen atoms in total. The van der Waals surface area contributed by atoms with Crippen LogP contribution in [0, 0.1) is 11.8 Å². The zero-order valence-corrected chi connectivity index (χ0v) is 14.4. The molecule has 0 aliphatic heterocycles. The van der Waals surface area contributed by atoms with E-state index in [4.69, 9.17) is 9.84 Å². The smallest absolute Gasteiger partial charge is 0.306 e. The molecule has 2 aliphatic rings. The quantitative estimate of drug-likeness (QED) is 0.827.